The van der Waals surface area contributed by atoms with Crippen LogP contribution in [0.2, 0.25) is 0 Å². The second-order valence-electron chi connectivity index (χ2n) is 8.90. The number of aliphatic hydroxyl groups excluding tert-OH is 2. The molecule has 0 amide bonds. The lowest BCUT2D eigenvalue weighted by molar-refractivity contribution is -0.0139. The minimum atomic E-state index is -0.170. The SMILES string of the molecule is CN[C@@H]1C[C@]2(C)[C@@H](O)CC[C@H]2C2=CC=C3C[C@@H](O)CC[C@]3(C)[C@H]21. The van der Waals surface area contributed by atoms with Crippen LogP contribution < -0.4 is 5.32 Å². The molecule has 128 valence electrons. The van der Waals surface area contributed by atoms with Crippen LogP contribution in [0.3, 0.4) is 0 Å². The minimum Gasteiger partial charge on any atom is -0.393 e. The van der Waals surface area contributed by atoms with E-state index in [0.717, 1.165) is 38.5 Å². The molecule has 23 heavy (non-hydrogen) atoms. The first kappa shape index (κ1) is 15.9. The van der Waals surface area contributed by atoms with E-state index in [9.17, 15) is 10.2 Å². The number of aliphatic hydroxyl groups is 2. The second kappa shape index (κ2) is 5.18. The van der Waals surface area contributed by atoms with Crippen LogP contribution in [-0.4, -0.2) is 35.5 Å². The predicted octanol–water partition coefficient (Wildman–Crippen LogP) is 2.79. The standard InChI is InChI=1S/C20H31NO2/c1-19-9-8-13(22)10-12(19)4-5-14-15-6-7-17(23)20(15,2)11-16(21-3)18(14)19/h4-5,13,15-18,21-23H,6-11H2,1-3H3/t13-,15-,16+,17-,18+,19-,20-/m0/s1. The largest absolute Gasteiger partial charge is 0.393 e. The van der Waals surface area contributed by atoms with Crippen molar-refractivity contribution in [1.82, 2.24) is 5.32 Å². The van der Waals surface area contributed by atoms with Crippen molar-refractivity contribution in [2.45, 2.75) is 70.6 Å². The van der Waals surface area contributed by atoms with Crippen LogP contribution in [0.25, 0.3) is 0 Å². The Balaban J connectivity index is 1.80. The lowest BCUT2D eigenvalue weighted by atomic mass is 9.49. The summed E-state index contributed by atoms with van der Waals surface area (Å²) in [5, 5.41) is 24.3. The highest BCUT2D eigenvalue weighted by molar-refractivity contribution is 5.40. The molecular weight excluding hydrogens is 286 g/mol. The highest BCUT2D eigenvalue weighted by Crippen LogP contribution is 2.63. The number of nitrogens with one attached hydrogen (secondary N) is 1. The van der Waals surface area contributed by atoms with Gasteiger partial charge in [-0.1, -0.05) is 37.1 Å². The highest BCUT2D eigenvalue weighted by Gasteiger charge is 2.59. The van der Waals surface area contributed by atoms with E-state index < -0.39 is 0 Å². The van der Waals surface area contributed by atoms with Gasteiger partial charge < -0.3 is 15.5 Å². The van der Waals surface area contributed by atoms with Gasteiger partial charge in [0, 0.05) is 17.4 Å². The summed E-state index contributed by atoms with van der Waals surface area (Å²) >= 11 is 0. The monoisotopic (exact) mass is 317 g/mol. The molecule has 0 unspecified atom stereocenters. The van der Waals surface area contributed by atoms with E-state index in [4.69, 9.17) is 0 Å². The van der Waals surface area contributed by atoms with Gasteiger partial charge >= 0.3 is 0 Å². The Hall–Kier alpha value is -0.640. The fourth-order valence-electron chi connectivity index (χ4n) is 6.41. The molecule has 4 rings (SSSR count). The van der Waals surface area contributed by atoms with E-state index in [-0.39, 0.29) is 23.0 Å². The van der Waals surface area contributed by atoms with E-state index in [1.165, 1.54) is 5.57 Å². The van der Waals surface area contributed by atoms with Crippen molar-refractivity contribution in [3.05, 3.63) is 23.3 Å². The molecule has 0 aromatic heterocycles. The molecule has 4 aliphatic carbocycles. The first-order valence-corrected chi connectivity index (χ1v) is 9.34. The zero-order valence-electron chi connectivity index (χ0n) is 14.7. The van der Waals surface area contributed by atoms with Gasteiger partial charge in [-0.3, -0.25) is 0 Å². The molecule has 7 atom stereocenters. The fourth-order valence-corrected chi connectivity index (χ4v) is 6.41. The Morgan fingerprint density at radius 1 is 1.13 bits per heavy atom. The van der Waals surface area contributed by atoms with Crippen LogP contribution in [0.1, 0.15) is 52.4 Å². The number of hydrogen-bond donors (Lipinski definition) is 3. The van der Waals surface area contributed by atoms with Gasteiger partial charge in [0.05, 0.1) is 12.2 Å². The van der Waals surface area contributed by atoms with E-state index in [0.29, 0.717) is 17.9 Å². The van der Waals surface area contributed by atoms with Gasteiger partial charge in [-0.15, -0.1) is 0 Å². The third kappa shape index (κ3) is 2.06. The summed E-state index contributed by atoms with van der Waals surface area (Å²) in [6.45, 7) is 4.71. The van der Waals surface area contributed by atoms with Crippen molar-refractivity contribution in [2.75, 3.05) is 7.05 Å². The molecule has 0 spiro atoms. The Kier molecular flexibility index (Phi) is 3.57. The molecule has 3 heteroatoms. The highest BCUT2D eigenvalue weighted by atomic mass is 16.3. The van der Waals surface area contributed by atoms with E-state index >= 15 is 0 Å². The van der Waals surface area contributed by atoms with Crippen LogP contribution in [0.5, 0.6) is 0 Å². The maximum absolute atomic E-state index is 10.6. The molecule has 0 radical (unpaired) electrons. The van der Waals surface area contributed by atoms with Gasteiger partial charge in [0.1, 0.15) is 0 Å². The van der Waals surface area contributed by atoms with Gasteiger partial charge in [0.2, 0.25) is 0 Å². The summed E-state index contributed by atoms with van der Waals surface area (Å²) in [7, 11) is 2.08. The molecule has 0 aromatic carbocycles. The van der Waals surface area contributed by atoms with E-state index in [2.05, 4.69) is 38.4 Å². The molecule has 3 saturated carbocycles. The summed E-state index contributed by atoms with van der Waals surface area (Å²) in [6, 6.07) is 0.416. The summed E-state index contributed by atoms with van der Waals surface area (Å²) < 4.78 is 0. The van der Waals surface area contributed by atoms with Crippen molar-refractivity contribution in [1.29, 1.82) is 0 Å². The third-order valence-corrected chi connectivity index (χ3v) is 7.83. The summed E-state index contributed by atoms with van der Waals surface area (Å²) in [5.74, 6) is 1.04. The lowest BCUT2D eigenvalue weighted by Gasteiger charge is -2.57. The zero-order chi connectivity index (χ0) is 16.4. The van der Waals surface area contributed by atoms with Crippen molar-refractivity contribution in [3.63, 3.8) is 0 Å². The Bertz CT molecular complexity index is 568. The van der Waals surface area contributed by atoms with Crippen molar-refractivity contribution < 1.29 is 10.2 Å². The molecule has 0 aliphatic heterocycles. The molecule has 4 aliphatic rings. The molecule has 0 saturated heterocycles. The smallest absolute Gasteiger partial charge is 0.0600 e. The Morgan fingerprint density at radius 3 is 2.65 bits per heavy atom. The quantitative estimate of drug-likeness (QED) is 0.697. The fraction of sp³-hybridized carbons (Fsp3) is 0.800. The normalized spacial score (nSPS) is 52.1. The molecule has 0 aromatic rings. The van der Waals surface area contributed by atoms with Crippen molar-refractivity contribution >= 4 is 0 Å². The zero-order valence-corrected chi connectivity index (χ0v) is 14.7. The Labute approximate surface area is 139 Å². The van der Waals surface area contributed by atoms with Crippen LogP contribution in [0.4, 0.5) is 0 Å². The number of allylic oxidation sites excluding steroid dienone is 2. The summed E-state index contributed by atoms with van der Waals surface area (Å²) in [5.41, 5.74) is 3.20. The molecule has 0 bridgehead atoms. The van der Waals surface area contributed by atoms with Crippen LogP contribution in [0, 0.1) is 22.7 Å². The summed E-state index contributed by atoms with van der Waals surface area (Å²) in [4.78, 5) is 0. The summed E-state index contributed by atoms with van der Waals surface area (Å²) in [6.07, 6.45) is 10.3. The lowest BCUT2D eigenvalue weighted by Crippen LogP contribution is -2.56. The molecule has 0 heterocycles. The molecular formula is C20H31NO2. The maximum atomic E-state index is 10.6. The van der Waals surface area contributed by atoms with Gasteiger partial charge in [-0.25, -0.2) is 0 Å². The second-order valence-corrected chi connectivity index (χ2v) is 8.90. The van der Waals surface area contributed by atoms with Crippen LogP contribution in [0.15, 0.2) is 23.3 Å². The minimum absolute atomic E-state index is 0.0197. The first-order chi connectivity index (χ1) is 10.9. The van der Waals surface area contributed by atoms with Gasteiger partial charge in [-0.05, 0) is 56.9 Å². The molecule has 3 N–H and O–H groups in total. The third-order valence-electron chi connectivity index (χ3n) is 7.83. The average Bonchev–Trinajstić information content (AvgIpc) is 2.82. The van der Waals surface area contributed by atoms with Crippen LogP contribution in [-0.2, 0) is 0 Å². The van der Waals surface area contributed by atoms with Crippen molar-refractivity contribution in [2.24, 2.45) is 22.7 Å². The molecule has 3 nitrogen and oxygen atoms in total. The Morgan fingerprint density at radius 2 is 1.91 bits per heavy atom. The topological polar surface area (TPSA) is 52.5 Å². The van der Waals surface area contributed by atoms with Crippen LogP contribution >= 0.6 is 0 Å². The predicted molar refractivity (Wildman–Crippen MR) is 91.9 cm³/mol. The maximum Gasteiger partial charge on any atom is 0.0600 e. The van der Waals surface area contributed by atoms with Crippen molar-refractivity contribution in [3.8, 4) is 0 Å². The number of fused-ring (bicyclic) bond motifs is 5. The number of hydrogen-bond acceptors (Lipinski definition) is 3. The van der Waals surface area contributed by atoms with Gasteiger partial charge in [-0.2, -0.15) is 0 Å². The van der Waals surface area contributed by atoms with E-state index in [1.54, 1.807) is 5.57 Å². The number of rotatable bonds is 1. The molecule has 3 fully saturated rings. The first-order valence-electron chi connectivity index (χ1n) is 9.34. The van der Waals surface area contributed by atoms with Gasteiger partial charge in [0.25, 0.3) is 0 Å². The van der Waals surface area contributed by atoms with Gasteiger partial charge in [0.15, 0.2) is 0 Å². The van der Waals surface area contributed by atoms with E-state index in [1.807, 2.05) is 0 Å². The average molecular weight is 317 g/mol.